The Bertz CT molecular complexity index is 624. The molecule has 2 aromatic heterocycles. The average Bonchev–Trinajstić information content (AvgIpc) is 3.20. The molecule has 4 nitrogen and oxygen atoms in total. The molecule has 0 amide bonds. The van der Waals surface area contributed by atoms with E-state index in [2.05, 4.69) is 16.9 Å². The summed E-state index contributed by atoms with van der Waals surface area (Å²) >= 11 is 0. The number of aryl methyl sites for hydroxylation is 1. The van der Waals surface area contributed by atoms with Gasteiger partial charge in [-0.05, 0) is 37.8 Å². The minimum absolute atomic E-state index is 0.559. The van der Waals surface area contributed by atoms with Crippen molar-refractivity contribution >= 4 is 0 Å². The molecule has 1 fully saturated rings. The molecule has 112 valence electrons. The molecule has 21 heavy (non-hydrogen) atoms. The number of aromatic nitrogens is 2. The van der Waals surface area contributed by atoms with Crippen LogP contribution in [0.1, 0.15) is 61.6 Å². The van der Waals surface area contributed by atoms with Crippen molar-refractivity contribution in [3.63, 3.8) is 0 Å². The molecule has 0 spiro atoms. The second-order valence-electron chi connectivity index (χ2n) is 6.54. The first-order valence-electron chi connectivity index (χ1n) is 8.08. The molecule has 0 saturated heterocycles. The lowest BCUT2D eigenvalue weighted by Crippen LogP contribution is -2.32. The predicted molar refractivity (Wildman–Crippen MR) is 79.0 cm³/mol. The summed E-state index contributed by atoms with van der Waals surface area (Å²) in [4.78, 5) is 0. The monoisotopic (exact) mass is 286 g/mol. The van der Waals surface area contributed by atoms with Crippen molar-refractivity contribution in [1.82, 2.24) is 9.78 Å². The van der Waals surface area contributed by atoms with Crippen LogP contribution in [0.4, 0.5) is 0 Å². The summed E-state index contributed by atoms with van der Waals surface area (Å²) in [6.07, 6.45) is 12.1. The number of hydrogen-bond acceptors (Lipinski definition) is 3. The maximum Gasteiger partial charge on any atom is 0.109 e. The van der Waals surface area contributed by atoms with Gasteiger partial charge in [-0.15, -0.1) is 0 Å². The molecule has 0 aromatic carbocycles. The number of nitrogens with zero attached hydrogens (tertiary/aromatic N) is 2. The Labute approximate surface area is 124 Å². The van der Waals surface area contributed by atoms with Crippen molar-refractivity contribution in [3.8, 4) is 0 Å². The lowest BCUT2D eigenvalue weighted by atomic mass is 9.80. The lowest BCUT2D eigenvalue weighted by Gasteiger charge is -2.31. The van der Waals surface area contributed by atoms with Crippen LogP contribution >= 0.6 is 0 Å². The van der Waals surface area contributed by atoms with Gasteiger partial charge in [0.15, 0.2) is 0 Å². The fourth-order valence-corrected chi connectivity index (χ4v) is 3.95. The summed E-state index contributed by atoms with van der Waals surface area (Å²) in [6.45, 7) is 0. The zero-order valence-corrected chi connectivity index (χ0v) is 12.3. The van der Waals surface area contributed by atoms with E-state index >= 15 is 0 Å². The Morgan fingerprint density at radius 3 is 3.00 bits per heavy atom. The van der Waals surface area contributed by atoms with Gasteiger partial charge >= 0.3 is 0 Å². The molecule has 1 saturated carbocycles. The SMILES string of the molecule is OC1(Cc2ccn(C3CCCC3)n2)CCCc2occc21. The number of furan rings is 1. The van der Waals surface area contributed by atoms with Crippen LogP contribution in [-0.4, -0.2) is 14.9 Å². The van der Waals surface area contributed by atoms with Crippen molar-refractivity contribution in [1.29, 1.82) is 0 Å². The smallest absolute Gasteiger partial charge is 0.109 e. The summed E-state index contributed by atoms with van der Waals surface area (Å²) in [7, 11) is 0. The number of rotatable bonds is 3. The summed E-state index contributed by atoms with van der Waals surface area (Å²) < 4.78 is 7.59. The van der Waals surface area contributed by atoms with Crippen molar-refractivity contribution < 1.29 is 9.52 Å². The van der Waals surface area contributed by atoms with Crippen LogP contribution in [0.2, 0.25) is 0 Å². The molecule has 2 aromatic rings. The number of fused-ring (bicyclic) bond motifs is 1. The van der Waals surface area contributed by atoms with Gasteiger partial charge in [0.2, 0.25) is 0 Å². The average molecular weight is 286 g/mol. The van der Waals surface area contributed by atoms with Crippen LogP contribution in [0.3, 0.4) is 0 Å². The summed E-state index contributed by atoms with van der Waals surface area (Å²) in [6, 6.07) is 4.54. The van der Waals surface area contributed by atoms with E-state index in [9.17, 15) is 5.11 Å². The third-order valence-electron chi connectivity index (χ3n) is 5.08. The van der Waals surface area contributed by atoms with E-state index in [0.29, 0.717) is 12.5 Å². The molecule has 2 aliphatic carbocycles. The molecule has 2 aliphatic rings. The zero-order valence-electron chi connectivity index (χ0n) is 12.3. The van der Waals surface area contributed by atoms with E-state index < -0.39 is 5.60 Å². The predicted octanol–water partition coefficient (Wildman–Crippen LogP) is 3.36. The molecular formula is C17H22N2O2. The van der Waals surface area contributed by atoms with Crippen LogP contribution in [0, 0.1) is 0 Å². The maximum absolute atomic E-state index is 11.0. The molecule has 1 atom stereocenters. The Balaban J connectivity index is 1.56. The second-order valence-corrected chi connectivity index (χ2v) is 6.54. The standard InChI is InChI=1S/C17H22N2O2/c20-17(9-3-6-16-15(17)8-11-21-16)12-13-7-10-19(18-13)14-4-1-2-5-14/h7-8,10-11,14,20H,1-6,9,12H2. The van der Waals surface area contributed by atoms with Crippen LogP contribution in [0.5, 0.6) is 0 Å². The van der Waals surface area contributed by atoms with Gasteiger partial charge in [-0.1, -0.05) is 12.8 Å². The van der Waals surface area contributed by atoms with Crippen molar-refractivity contribution in [2.24, 2.45) is 0 Å². The van der Waals surface area contributed by atoms with E-state index in [1.54, 1.807) is 6.26 Å². The lowest BCUT2D eigenvalue weighted by molar-refractivity contribution is 0.0158. The molecule has 4 rings (SSSR count). The fraction of sp³-hybridized carbons (Fsp3) is 0.588. The van der Waals surface area contributed by atoms with Gasteiger partial charge in [0.05, 0.1) is 23.6 Å². The highest BCUT2D eigenvalue weighted by Crippen LogP contribution is 2.38. The third kappa shape index (κ3) is 2.31. The summed E-state index contributed by atoms with van der Waals surface area (Å²) in [5, 5.41) is 15.7. The number of hydrogen-bond donors (Lipinski definition) is 1. The van der Waals surface area contributed by atoms with Gasteiger partial charge in [-0.25, -0.2) is 0 Å². The first-order valence-corrected chi connectivity index (χ1v) is 8.08. The molecule has 1 N–H and O–H groups in total. The van der Waals surface area contributed by atoms with Crippen LogP contribution in [-0.2, 0) is 18.4 Å². The van der Waals surface area contributed by atoms with E-state index in [1.165, 1.54) is 25.7 Å². The summed E-state index contributed by atoms with van der Waals surface area (Å²) in [5.74, 6) is 0.943. The second kappa shape index (κ2) is 5.02. The highest BCUT2D eigenvalue weighted by Gasteiger charge is 2.37. The van der Waals surface area contributed by atoms with Crippen molar-refractivity contribution in [2.45, 2.75) is 63.0 Å². The fourth-order valence-electron chi connectivity index (χ4n) is 3.95. The van der Waals surface area contributed by atoms with Crippen molar-refractivity contribution in [3.05, 3.63) is 41.6 Å². The van der Waals surface area contributed by atoms with Crippen LogP contribution in [0.25, 0.3) is 0 Å². The highest BCUT2D eigenvalue weighted by molar-refractivity contribution is 5.29. The maximum atomic E-state index is 11.0. The largest absolute Gasteiger partial charge is 0.469 e. The molecular weight excluding hydrogens is 264 g/mol. The first kappa shape index (κ1) is 13.1. The van der Waals surface area contributed by atoms with Gasteiger partial charge in [0.25, 0.3) is 0 Å². The van der Waals surface area contributed by atoms with Gasteiger partial charge in [0, 0.05) is 24.6 Å². The topological polar surface area (TPSA) is 51.2 Å². The van der Waals surface area contributed by atoms with Gasteiger partial charge < -0.3 is 9.52 Å². The van der Waals surface area contributed by atoms with E-state index in [0.717, 1.165) is 36.3 Å². The minimum Gasteiger partial charge on any atom is -0.469 e. The Kier molecular flexibility index (Phi) is 3.14. The highest BCUT2D eigenvalue weighted by atomic mass is 16.3. The quantitative estimate of drug-likeness (QED) is 0.941. The molecule has 0 radical (unpaired) electrons. The Morgan fingerprint density at radius 1 is 1.29 bits per heavy atom. The molecule has 0 aliphatic heterocycles. The van der Waals surface area contributed by atoms with Gasteiger partial charge in [-0.3, -0.25) is 4.68 Å². The molecule has 1 unspecified atom stereocenters. The van der Waals surface area contributed by atoms with E-state index in [4.69, 9.17) is 9.52 Å². The Morgan fingerprint density at radius 2 is 2.14 bits per heavy atom. The van der Waals surface area contributed by atoms with Gasteiger partial charge in [0.1, 0.15) is 5.76 Å². The summed E-state index contributed by atoms with van der Waals surface area (Å²) in [5.41, 5.74) is 1.14. The van der Waals surface area contributed by atoms with E-state index in [-0.39, 0.29) is 0 Å². The van der Waals surface area contributed by atoms with Crippen LogP contribution in [0.15, 0.2) is 29.0 Å². The molecule has 2 heterocycles. The van der Waals surface area contributed by atoms with Crippen molar-refractivity contribution in [2.75, 3.05) is 0 Å². The van der Waals surface area contributed by atoms with Crippen LogP contribution < -0.4 is 0 Å². The molecule has 4 heteroatoms. The Hall–Kier alpha value is -1.55. The number of aliphatic hydroxyl groups is 1. The molecule has 0 bridgehead atoms. The minimum atomic E-state index is -0.810. The van der Waals surface area contributed by atoms with E-state index in [1.807, 2.05) is 6.07 Å². The zero-order chi connectivity index (χ0) is 14.3. The third-order valence-corrected chi connectivity index (χ3v) is 5.08. The normalized spacial score (nSPS) is 26.1. The first-order chi connectivity index (χ1) is 10.2. The van der Waals surface area contributed by atoms with Gasteiger partial charge in [-0.2, -0.15) is 5.10 Å².